The van der Waals surface area contributed by atoms with Crippen molar-refractivity contribution < 1.29 is 23.9 Å². The van der Waals surface area contributed by atoms with Gasteiger partial charge in [0.2, 0.25) is 0 Å². The minimum atomic E-state index is -0.762. The number of hydrogen-bond acceptors (Lipinski definition) is 5. The number of amides is 1. The minimum absolute atomic E-state index is 0.0245. The number of hydrogen-bond donors (Lipinski definition) is 1. The van der Waals surface area contributed by atoms with Gasteiger partial charge in [0.1, 0.15) is 12.0 Å². The molecule has 0 spiro atoms. The normalized spacial score (nSPS) is 11.6. The van der Waals surface area contributed by atoms with Crippen LogP contribution in [0.4, 0.5) is 4.79 Å². The molecule has 1 rings (SSSR count). The van der Waals surface area contributed by atoms with Gasteiger partial charge in [-0.25, -0.2) is 4.79 Å². The van der Waals surface area contributed by atoms with E-state index in [-0.39, 0.29) is 12.3 Å². The number of ketones is 1. The Labute approximate surface area is 141 Å². The first-order valence-electron chi connectivity index (χ1n) is 7.67. The number of carbonyl (C=O) groups excluding carboxylic acids is 3. The number of benzene rings is 1. The van der Waals surface area contributed by atoms with Crippen molar-refractivity contribution in [2.75, 3.05) is 6.61 Å². The van der Waals surface area contributed by atoms with Gasteiger partial charge in [-0.15, -0.1) is 0 Å². The molecule has 0 bridgehead atoms. The van der Waals surface area contributed by atoms with Gasteiger partial charge in [-0.1, -0.05) is 30.3 Å². The predicted molar refractivity (Wildman–Crippen MR) is 90.0 cm³/mol. The van der Waals surface area contributed by atoms with Gasteiger partial charge in [0.05, 0.1) is 12.3 Å². The molecule has 0 aliphatic rings. The fourth-order valence-corrected chi connectivity index (χ4v) is 1.75. The van der Waals surface area contributed by atoms with Gasteiger partial charge in [0.25, 0.3) is 0 Å². The van der Waals surface area contributed by atoms with Crippen molar-refractivity contribution in [3.8, 4) is 0 Å². The average molecular weight is 333 g/mol. The Morgan fingerprint density at radius 2 is 1.75 bits per heavy atom. The Hall–Kier alpha value is -2.63. The van der Waals surface area contributed by atoms with E-state index in [1.165, 1.54) is 6.08 Å². The van der Waals surface area contributed by atoms with Crippen LogP contribution in [0.25, 0.3) is 6.08 Å². The Balaban J connectivity index is 2.95. The van der Waals surface area contributed by atoms with Crippen molar-refractivity contribution in [1.82, 2.24) is 5.32 Å². The molecule has 1 N–H and O–H groups in total. The highest BCUT2D eigenvalue weighted by atomic mass is 16.6. The van der Waals surface area contributed by atoms with Crippen molar-refractivity contribution in [2.24, 2.45) is 0 Å². The summed E-state index contributed by atoms with van der Waals surface area (Å²) in [6.07, 6.45) is 0.273. The van der Waals surface area contributed by atoms with E-state index in [2.05, 4.69) is 5.32 Å². The standard InChI is InChI=1S/C18H23NO5/c1-5-23-16(21)12-15(20)14(11-13-9-7-6-8-10-13)19-17(22)24-18(2,3)4/h6-11H,5,12H2,1-4H3,(H,19,22)/b14-11-. The second kappa shape index (κ2) is 8.86. The third kappa shape index (κ3) is 7.58. The molecular formula is C18H23NO5. The van der Waals surface area contributed by atoms with Crippen molar-refractivity contribution in [3.05, 3.63) is 41.6 Å². The number of alkyl carbamates (subject to hydrolysis) is 1. The molecular weight excluding hydrogens is 310 g/mol. The van der Waals surface area contributed by atoms with Gasteiger partial charge in [-0.3, -0.25) is 14.9 Å². The highest BCUT2D eigenvalue weighted by Gasteiger charge is 2.21. The summed E-state index contributed by atoms with van der Waals surface area (Å²) < 4.78 is 9.92. The lowest BCUT2D eigenvalue weighted by Crippen LogP contribution is -2.34. The lowest BCUT2D eigenvalue weighted by molar-refractivity contribution is -0.145. The van der Waals surface area contributed by atoms with Gasteiger partial charge in [-0.2, -0.15) is 0 Å². The summed E-state index contributed by atoms with van der Waals surface area (Å²) in [5, 5.41) is 2.41. The summed E-state index contributed by atoms with van der Waals surface area (Å²) in [4.78, 5) is 35.7. The smallest absolute Gasteiger partial charge is 0.412 e. The first kappa shape index (κ1) is 19.4. The summed E-state index contributed by atoms with van der Waals surface area (Å²) in [6, 6.07) is 8.97. The SMILES string of the molecule is CCOC(=O)CC(=O)/C(=C/c1ccccc1)NC(=O)OC(C)(C)C. The topological polar surface area (TPSA) is 81.7 Å². The van der Waals surface area contributed by atoms with Crippen LogP contribution >= 0.6 is 0 Å². The quantitative estimate of drug-likeness (QED) is 0.491. The van der Waals surface area contributed by atoms with Crippen molar-refractivity contribution >= 4 is 23.9 Å². The van der Waals surface area contributed by atoms with E-state index in [4.69, 9.17) is 9.47 Å². The largest absolute Gasteiger partial charge is 0.466 e. The highest BCUT2D eigenvalue weighted by molar-refractivity contribution is 6.09. The van der Waals surface area contributed by atoms with Crippen molar-refractivity contribution in [2.45, 2.75) is 39.7 Å². The van der Waals surface area contributed by atoms with Crippen molar-refractivity contribution in [1.29, 1.82) is 0 Å². The van der Waals surface area contributed by atoms with E-state index in [1.807, 2.05) is 6.07 Å². The maximum atomic E-state index is 12.3. The molecule has 130 valence electrons. The van der Waals surface area contributed by atoms with Gasteiger partial charge in [0, 0.05) is 0 Å². The zero-order valence-corrected chi connectivity index (χ0v) is 14.4. The van der Waals surface area contributed by atoms with E-state index >= 15 is 0 Å². The predicted octanol–water partition coefficient (Wildman–Crippen LogP) is 3.07. The Kier molecular flexibility index (Phi) is 7.17. The second-order valence-electron chi connectivity index (χ2n) is 6.00. The van der Waals surface area contributed by atoms with Crippen LogP contribution in [0.5, 0.6) is 0 Å². The first-order chi connectivity index (χ1) is 11.2. The van der Waals surface area contributed by atoms with Crippen LogP contribution in [0.15, 0.2) is 36.0 Å². The number of allylic oxidation sites excluding steroid dienone is 1. The Morgan fingerprint density at radius 3 is 2.29 bits per heavy atom. The summed E-state index contributed by atoms with van der Waals surface area (Å²) in [7, 11) is 0. The molecule has 24 heavy (non-hydrogen) atoms. The summed E-state index contributed by atoms with van der Waals surface area (Å²) in [5.74, 6) is -1.20. The number of nitrogens with one attached hydrogen (secondary N) is 1. The number of esters is 1. The summed E-state index contributed by atoms with van der Waals surface area (Å²) in [6.45, 7) is 6.99. The third-order valence-electron chi connectivity index (χ3n) is 2.66. The van der Waals surface area contributed by atoms with E-state index in [0.29, 0.717) is 5.56 Å². The van der Waals surface area contributed by atoms with Crippen LogP contribution in [0.2, 0.25) is 0 Å². The number of Topliss-reactive ketones (excluding diaryl/α,β-unsaturated/α-hetero) is 1. The van der Waals surface area contributed by atoms with Crippen LogP contribution in [-0.2, 0) is 19.1 Å². The number of ether oxygens (including phenoxy) is 2. The summed E-state index contributed by atoms with van der Waals surface area (Å²) in [5.41, 5.74) is -0.0177. The monoisotopic (exact) mass is 333 g/mol. The fourth-order valence-electron chi connectivity index (χ4n) is 1.75. The van der Waals surface area contributed by atoms with Crippen LogP contribution < -0.4 is 5.32 Å². The second-order valence-corrected chi connectivity index (χ2v) is 6.00. The molecule has 0 heterocycles. The lowest BCUT2D eigenvalue weighted by Gasteiger charge is -2.20. The molecule has 1 aromatic rings. The molecule has 0 atom stereocenters. The number of carbonyl (C=O) groups is 3. The Bertz CT molecular complexity index is 614. The molecule has 0 aliphatic heterocycles. The van der Waals surface area contributed by atoms with Gasteiger partial charge >= 0.3 is 12.1 Å². The molecule has 0 fully saturated rings. The molecule has 0 unspecified atom stereocenters. The maximum Gasteiger partial charge on any atom is 0.412 e. The molecule has 6 nitrogen and oxygen atoms in total. The van der Waals surface area contributed by atoms with Crippen LogP contribution in [0.3, 0.4) is 0 Å². The zero-order valence-electron chi connectivity index (χ0n) is 14.4. The fraction of sp³-hybridized carbons (Fsp3) is 0.389. The van der Waals surface area contributed by atoms with E-state index in [9.17, 15) is 14.4 Å². The van der Waals surface area contributed by atoms with Gasteiger partial charge in [0.15, 0.2) is 5.78 Å². The molecule has 0 aromatic heterocycles. The van der Waals surface area contributed by atoms with Crippen LogP contribution in [0.1, 0.15) is 39.7 Å². The highest BCUT2D eigenvalue weighted by Crippen LogP contribution is 2.11. The minimum Gasteiger partial charge on any atom is -0.466 e. The van der Waals surface area contributed by atoms with Crippen molar-refractivity contribution in [3.63, 3.8) is 0 Å². The Morgan fingerprint density at radius 1 is 1.12 bits per heavy atom. The molecule has 0 saturated heterocycles. The molecule has 0 radical (unpaired) electrons. The zero-order chi connectivity index (χ0) is 18.2. The average Bonchev–Trinajstić information content (AvgIpc) is 2.45. The number of rotatable bonds is 6. The van der Waals surface area contributed by atoms with Crippen LogP contribution in [0, 0.1) is 0 Å². The molecule has 1 aromatic carbocycles. The maximum absolute atomic E-state index is 12.3. The van der Waals surface area contributed by atoms with E-state index in [0.717, 1.165) is 0 Å². The lowest BCUT2D eigenvalue weighted by atomic mass is 10.1. The molecule has 1 amide bonds. The molecule has 0 saturated carbocycles. The van der Waals surface area contributed by atoms with Crippen LogP contribution in [-0.4, -0.2) is 30.1 Å². The third-order valence-corrected chi connectivity index (χ3v) is 2.66. The molecule has 6 heteroatoms. The van der Waals surface area contributed by atoms with Gasteiger partial charge < -0.3 is 9.47 Å². The molecule has 0 aliphatic carbocycles. The van der Waals surface area contributed by atoms with E-state index in [1.54, 1.807) is 52.0 Å². The summed E-state index contributed by atoms with van der Waals surface area (Å²) >= 11 is 0. The first-order valence-corrected chi connectivity index (χ1v) is 7.67. The van der Waals surface area contributed by atoms with E-state index < -0.39 is 29.9 Å². The van der Waals surface area contributed by atoms with Gasteiger partial charge in [-0.05, 0) is 39.3 Å².